The molecule has 0 spiro atoms. The van der Waals surface area contributed by atoms with Gasteiger partial charge in [0.25, 0.3) is 0 Å². The number of anilines is 2. The maximum absolute atomic E-state index is 5.46. The fourth-order valence-corrected chi connectivity index (χ4v) is 3.90. The SMILES string of the molecule is COc1cc2cc3c(N4CCc5ccccc54)[nH][nH]c-3c2cc1OC. The number of rotatable bonds is 3. The van der Waals surface area contributed by atoms with E-state index in [0.717, 1.165) is 46.7 Å². The van der Waals surface area contributed by atoms with Gasteiger partial charge in [0.05, 0.1) is 19.9 Å². The van der Waals surface area contributed by atoms with Gasteiger partial charge in [0.15, 0.2) is 11.5 Å². The van der Waals surface area contributed by atoms with Crippen molar-refractivity contribution in [3.63, 3.8) is 0 Å². The van der Waals surface area contributed by atoms with Crippen molar-refractivity contribution >= 4 is 22.3 Å². The Bertz CT molecular complexity index is 1050. The van der Waals surface area contributed by atoms with Gasteiger partial charge >= 0.3 is 0 Å². The Balaban J connectivity index is 1.67. The molecule has 2 aromatic carbocycles. The van der Waals surface area contributed by atoms with Gasteiger partial charge in [-0.15, -0.1) is 0 Å². The second kappa shape index (κ2) is 5.21. The third-order valence-corrected chi connectivity index (χ3v) is 5.11. The number of para-hydroxylation sites is 1. The Labute approximate surface area is 145 Å². The molecule has 0 fully saturated rings. The Morgan fingerprint density at radius 2 is 1.76 bits per heavy atom. The second-order valence-corrected chi connectivity index (χ2v) is 6.36. The summed E-state index contributed by atoms with van der Waals surface area (Å²) in [6.45, 7) is 0.983. The standard InChI is InChI=1S/C20H19N3O2/c1-24-17-10-13-9-15-19(14(13)11-18(17)25-2)21-22-20(15)23-8-7-12-5-3-4-6-16(12)23/h3-6,9-11,21-22H,7-8H2,1-2H3. The van der Waals surface area contributed by atoms with E-state index in [4.69, 9.17) is 9.47 Å². The van der Waals surface area contributed by atoms with E-state index in [1.807, 2.05) is 12.1 Å². The van der Waals surface area contributed by atoms with Gasteiger partial charge in [0, 0.05) is 23.2 Å². The molecule has 0 bridgehead atoms. The molecule has 2 heterocycles. The van der Waals surface area contributed by atoms with E-state index in [-0.39, 0.29) is 0 Å². The van der Waals surface area contributed by atoms with Gasteiger partial charge in [-0.3, -0.25) is 10.2 Å². The van der Waals surface area contributed by atoms with Crippen LogP contribution < -0.4 is 14.4 Å². The van der Waals surface area contributed by atoms with Crippen LogP contribution in [0.3, 0.4) is 0 Å². The summed E-state index contributed by atoms with van der Waals surface area (Å²) in [6, 6.07) is 14.9. The van der Waals surface area contributed by atoms with Gasteiger partial charge in [-0.25, -0.2) is 0 Å². The van der Waals surface area contributed by atoms with Crippen LogP contribution >= 0.6 is 0 Å². The topological polar surface area (TPSA) is 53.3 Å². The average Bonchev–Trinajstić information content (AvgIpc) is 3.33. The molecule has 0 saturated carbocycles. The van der Waals surface area contributed by atoms with Crippen LogP contribution in [0.1, 0.15) is 5.56 Å². The normalized spacial score (nSPS) is 13.6. The van der Waals surface area contributed by atoms with Crippen LogP contribution in [0.25, 0.3) is 22.0 Å². The van der Waals surface area contributed by atoms with Crippen LogP contribution in [0.5, 0.6) is 11.5 Å². The van der Waals surface area contributed by atoms with E-state index in [9.17, 15) is 0 Å². The Kier molecular flexibility index (Phi) is 2.98. The highest BCUT2D eigenvalue weighted by atomic mass is 16.5. The number of aromatic amines is 2. The number of hydrogen-bond donors (Lipinski definition) is 2. The summed E-state index contributed by atoms with van der Waals surface area (Å²) < 4.78 is 10.9. The Morgan fingerprint density at radius 1 is 0.960 bits per heavy atom. The summed E-state index contributed by atoms with van der Waals surface area (Å²) in [5, 5.41) is 8.98. The van der Waals surface area contributed by atoms with Crippen LogP contribution in [0.4, 0.5) is 11.5 Å². The monoisotopic (exact) mass is 333 g/mol. The van der Waals surface area contributed by atoms with Crippen LogP contribution in [-0.4, -0.2) is 31.0 Å². The summed E-state index contributed by atoms with van der Waals surface area (Å²) in [5.41, 5.74) is 4.95. The zero-order valence-corrected chi connectivity index (χ0v) is 14.2. The number of fused-ring (bicyclic) bond motifs is 4. The van der Waals surface area contributed by atoms with Gasteiger partial charge in [0.1, 0.15) is 5.82 Å². The minimum Gasteiger partial charge on any atom is -0.493 e. The summed E-state index contributed by atoms with van der Waals surface area (Å²) in [7, 11) is 3.33. The number of methoxy groups -OCH3 is 2. The van der Waals surface area contributed by atoms with Crippen molar-refractivity contribution in [3.05, 3.63) is 48.0 Å². The van der Waals surface area contributed by atoms with Crippen LogP contribution in [0.2, 0.25) is 0 Å². The third kappa shape index (κ3) is 1.95. The number of ether oxygens (including phenoxy) is 2. The van der Waals surface area contributed by atoms with E-state index in [1.165, 1.54) is 16.8 Å². The number of nitrogens with zero attached hydrogens (tertiary/aromatic N) is 1. The molecule has 5 heteroatoms. The lowest BCUT2D eigenvalue weighted by molar-refractivity contribution is 0.356. The minimum absolute atomic E-state index is 0.741. The molecular weight excluding hydrogens is 314 g/mol. The molecule has 5 rings (SSSR count). The minimum atomic E-state index is 0.741. The highest BCUT2D eigenvalue weighted by Crippen LogP contribution is 2.45. The van der Waals surface area contributed by atoms with Crippen molar-refractivity contribution in [1.82, 2.24) is 10.2 Å². The number of hydrogen-bond acceptors (Lipinski definition) is 3. The summed E-state index contributed by atoms with van der Waals surface area (Å²) in [5.74, 6) is 2.60. The van der Waals surface area contributed by atoms with E-state index in [1.54, 1.807) is 14.2 Å². The fourth-order valence-electron chi connectivity index (χ4n) is 3.90. The predicted octanol–water partition coefficient (Wildman–Crippen LogP) is 4.31. The molecule has 126 valence electrons. The van der Waals surface area contributed by atoms with Gasteiger partial charge in [-0.1, -0.05) is 18.2 Å². The molecule has 2 N–H and O–H groups in total. The van der Waals surface area contributed by atoms with E-state index in [0.29, 0.717) is 0 Å². The number of nitrogens with one attached hydrogen (secondary N) is 2. The quantitative estimate of drug-likeness (QED) is 0.587. The Hall–Kier alpha value is -3.08. The zero-order chi connectivity index (χ0) is 17.0. The second-order valence-electron chi connectivity index (χ2n) is 6.36. The lowest BCUT2D eigenvalue weighted by Gasteiger charge is -2.17. The third-order valence-electron chi connectivity index (χ3n) is 5.11. The Morgan fingerprint density at radius 3 is 2.60 bits per heavy atom. The first kappa shape index (κ1) is 14.3. The van der Waals surface area contributed by atoms with Gasteiger partial charge in [-0.05, 0) is 41.6 Å². The van der Waals surface area contributed by atoms with Crippen molar-refractivity contribution in [2.24, 2.45) is 0 Å². The molecule has 0 atom stereocenters. The van der Waals surface area contributed by atoms with E-state index < -0.39 is 0 Å². The van der Waals surface area contributed by atoms with Crippen LogP contribution in [0.15, 0.2) is 42.5 Å². The molecule has 1 aliphatic carbocycles. The van der Waals surface area contributed by atoms with Crippen molar-refractivity contribution in [3.8, 4) is 22.8 Å². The number of H-pyrrole nitrogens is 2. The number of aromatic nitrogens is 2. The van der Waals surface area contributed by atoms with Gasteiger partial charge in [0.2, 0.25) is 0 Å². The first-order valence-corrected chi connectivity index (χ1v) is 8.40. The smallest absolute Gasteiger partial charge is 0.161 e. The van der Waals surface area contributed by atoms with Gasteiger partial charge in [-0.2, -0.15) is 0 Å². The highest BCUT2D eigenvalue weighted by molar-refractivity contribution is 6.05. The lowest BCUT2D eigenvalue weighted by atomic mass is 10.1. The summed E-state index contributed by atoms with van der Waals surface area (Å²) in [6.07, 6.45) is 1.07. The lowest BCUT2D eigenvalue weighted by Crippen LogP contribution is -2.14. The van der Waals surface area contributed by atoms with Crippen molar-refractivity contribution in [2.45, 2.75) is 6.42 Å². The van der Waals surface area contributed by atoms with Crippen molar-refractivity contribution < 1.29 is 9.47 Å². The van der Waals surface area contributed by atoms with E-state index in [2.05, 4.69) is 45.4 Å². The first-order chi connectivity index (χ1) is 12.3. The predicted molar refractivity (Wildman–Crippen MR) is 99.5 cm³/mol. The van der Waals surface area contributed by atoms with Crippen molar-refractivity contribution in [1.29, 1.82) is 0 Å². The first-order valence-electron chi connectivity index (χ1n) is 8.40. The van der Waals surface area contributed by atoms with Crippen LogP contribution in [-0.2, 0) is 6.42 Å². The maximum Gasteiger partial charge on any atom is 0.161 e. The molecule has 0 saturated heterocycles. The van der Waals surface area contributed by atoms with Crippen molar-refractivity contribution in [2.75, 3.05) is 25.7 Å². The molecule has 5 nitrogen and oxygen atoms in total. The largest absolute Gasteiger partial charge is 0.493 e. The summed E-state index contributed by atoms with van der Waals surface area (Å²) in [4.78, 5) is 2.35. The highest BCUT2D eigenvalue weighted by Gasteiger charge is 2.27. The molecule has 2 aromatic rings. The number of benzene rings is 2. The molecule has 0 aromatic heterocycles. The molecule has 2 aliphatic heterocycles. The molecule has 0 unspecified atom stereocenters. The molecule has 25 heavy (non-hydrogen) atoms. The molecule has 3 aliphatic rings. The molecule has 0 amide bonds. The molecule has 0 radical (unpaired) electrons. The molecular formula is C20H19N3O2. The van der Waals surface area contributed by atoms with Gasteiger partial charge < -0.3 is 14.4 Å². The maximum atomic E-state index is 5.46. The fraction of sp³-hybridized carbons (Fsp3) is 0.200. The zero-order valence-electron chi connectivity index (χ0n) is 14.2. The average molecular weight is 333 g/mol. The van der Waals surface area contributed by atoms with E-state index >= 15 is 0 Å². The summed E-state index contributed by atoms with van der Waals surface area (Å²) >= 11 is 0. The van der Waals surface area contributed by atoms with Crippen LogP contribution in [0, 0.1) is 0 Å².